The van der Waals surface area contributed by atoms with E-state index in [2.05, 4.69) is 49.3 Å². The second-order valence-corrected chi connectivity index (χ2v) is 5.13. The van der Waals surface area contributed by atoms with E-state index in [0.717, 1.165) is 7.28 Å². The number of benzene rings is 1. The van der Waals surface area contributed by atoms with Crippen LogP contribution < -0.4 is 5.30 Å². The highest BCUT2D eigenvalue weighted by molar-refractivity contribution is 9.37. The number of hydrogen-bond acceptors (Lipinski definition) is 0. The summed E-state index contributed by atoms with van der Waals surface area (Å²) in [6.45, 7) is 8.77. The van der Waals surface area contributed by atoms with Crippen LogP contribution >= 0.6 is 22.8 Å². The lowest BCUT2D eigenvalue weighted by Crippen LogP contribution is -2.04. The average Bonchev–Trinajstić information content (AvgIpc) is 2.08. The van der Waals surface area contributed by atoms with Crippen LogP contribution in [-0.2, 0) is 0 Å². The summed E-state index contributed by atoms with van der Waals surface area (Å²) in [6.07, 6.45) is 0. The molecule has 0 saturated carbocycles. The molecule has 1 aromatic carbocycles. The van der Waals surface area contributed by atoms with Crippen LogP contribution in [-0.4, -0.2) is 0 Å². The van der Waals surface area contributed by atoms with E-state index in [-0.39, 0.29) is 0 Å². The van der Waals surface area contributed by atoms with Crippen molar-refractivity contribution >= 4 is 28.1 Å². The molecule has 0 aromatic heterocycles. The van der Waals surface area contributed by atoms with Gasteiger partial charge >= 0.3 is 0 Å². The Labute approximate surface area is 84.3 Å². The van der Waals surface area contributed by atoms with Gasteiger partial charge < -0.3 is 0 Å². The molecule has 0 fully saturated rings. The first-order chi connectivity index (χ1) is 5.57. The molecule has 1 aromatic rings. The zero-order chi connectivity index (χ0) is 9.30. The molecule has 0 aliphatic carbocycles. The third kappa shape index (κ3) is 1.72. The topological polar surface area (TPSA) is 0 Å². The zero-order valence-electron chi connectivity index (χ0n) is 7.96. The van der Waals surface area contributed by atoms with Crippen molar-refractivity contribution in [1.29, 1.82) is 0 Å². The molecule has 0 aliphatic heterocycles. The van der Waals surface area contributed by atoms with E-state index in [1.54, 1.807) is 0 Å². The summed E-state index contributed by atoms with van der Waals surface area (Å²) in [5.74, 6) is 0. The van der Waals surface area contributed by atoms with E-state index < -0.39 is 0 Å². The maximum Gasteiger partial charge on any atom is -0.0126 e. The standard InChI is InChI=1S/C10H14BrP/c1-6-5-10(12-11)9(4)8(3)7(6)2/h5,12H,1-4H3. The third-order valence-electron chi connectivity index (χ3n) is 2.58. The summed E-state index contributed by atoms with van der Waals surface area (Å²) < 4.78 is 0. The molecule has 12 heavy (non-hydrogen) atoms. The summed E-state index contributed by atoms with van der Waals surface area (Å²) in [6, 6.07) is 2.28. The Hall–Kier alpha value is 0.130. The smallest absolute Gasteiger partial charge is 0.0126 e. The second-order valence-electron chi connectivity index (χ2n) is 3.21. The molecule has 0 bridgehead atoms. The van der Waals surface area contributed by atoms with Crippen molar-refractivity contribution in [3.8, 4) is 0 Å². The van der Waals surface area contributed by atoms with Gasteiger partial charge in [-0.3, -0.25) is 0 Å². The minimum absolute atomic E-state index is 0.731. The Morgan fingerprint density at radius 2 is 1.58 bits per heavy atom. The Balaban J connectivity index is 3.39. The Morgan fingerprint density at radius 1 is 1.00 bits per heavy atom. The van der Waals surface area contributed by atoms with Crippen molar-refractivity contribution in [1.82, 2.24) is 0 Å². The first-order valence-electron chi connectivity index (χ1n) is 4.02. The normalized spacial score (nSPS) is 11.4. The van der Waals surface area contributed by atoms with Gasteiger partial charge in [-0.1, -0.05) is 21.6 Å². The zero-order valence-corrected chi connectivity index (χ0v) is 10.5. The molecular weight excluding hydrogens is 231 g/mol. The predicted octanol–water partition coefficient (Wildman–Crippen LogP) is 3.53. The maximum atomic E-state index is 3.53. The average molecular weight is 245 g/mol. The van der Waals surface area contributed by atoms with Gasteiger partial charge in [0.2, 0.25) is 0 Å². The van der Waals surface area contributed by atoms with Gasteiger partial charge in [0.05, 0.1) is 0 Å². The van der Waals surface area contributed by atoms with E-state index >= 15 is 0 Å². The van der Waals surface area contributed by atoms with Crippen molar-refractivity contribution in [2.75, 3.05) is 0 Å². The van der Waals surface area contributed by atoms with Crippen LogP contribution in [0.2, 0.25) is 0 Å². The summed E-state index contributed by atoms with van der Waals surface area (Å²) >= 11 is 3.53. The van der Waals surface area contributed by atoms with E-state index in [0.29, 0.717) is 0 Å². The molecule has 1 unspecified atom stereocenters. The number of aryl methyl sites for hydroxylation is 1. The first kappa shape index (κ1) is 10.2. The summed E-state index contributed by atoms with van der Waals surface area (Å²) in [5, 5.41) is 1.44. The largest absolute Gasteiger partial charge is 0.0589 e. The third-order valence-corrected chi connectivity index (χ3v) is 4.59. The van der Waals surface area contributed by atoms with E-state index in [1.165, 1.54) is 27.6 Å². The van der Waals surface area contributed by atoms with Crippen LogP contribution in [0, 0.1) is 27.7 Å². The molecule has 0 radical (unpaired) electrons. The van der Waals surface area contributed by atoms with Gasteiger partial charge in [-0.15, -0.1) is 0 Å². The van der Waals surface area contributed by atoms with Crippen LogP contribution in [0.1, 0.15) is 22.3 Å². The Bertz CT molecular complexity index is 305. The minimum Gasteiger partial charge on any atom is -0.0589 e. The molecule has 1 rings (SSSR count). The molecular formula is C10H14BrP. The van der Waals surface area contributed by atoms with Crippen LogP contribution in [0.15, 0.2) is 6.07 Å². The second kappa shape index (κ2) is 3.89. The van der Waals surface area contributed by atoms with Crippen LogP contribution in [0.5, 0.6) is 0 Å². The molecule has 0 heterocycles. The van der Waals surface area contributed by atoms with E-state index in [9.17, 15) is 0 Å². The molecule has 0 N–H and O–H groups in total. The van der Waals surface area contributed by atoms with E-state index in [1.807, 2.05) is 0 Å². The van der Waals surface area contributed by atoms with Gasteiger partial charge in [0.15, 0.2) is 0 Å². The fraction of sp³-hybridized carbons (Fsp3) is 0.400. The Morgan fingerprint density at radius 3 is 2.08 bits per heavy atom. The summed E-state index contributed by atoms with van der Waals surface area (Å²) in [4.78, 5) is 0. The van der Waals surface area contributed by atoms with Crippen molar-refractivity contribution < 1.29 is 0 Å². The highest BCUT2D eigenvalue weighted by Crippen LogP contribution is 2.25. The lowest BCUT2D eigenvalue weighted by molar-refractivity contribution is 1.23. The molecule has 0 aliphatic rings. The molecule has 0 spiro atoms. The fourth-order valence-corrected chi connectivity index (χ4v) is 3.15. The van der Waals surface area contributed by atoms with Crippen LogP contribution in [0.4, 0.5) is 0 Å². The maximum absolute atomic E-state index is 3.53. The van der Waals surface area contributed by atoms with Crippen molar-refractivity contribution in [2.24, 2.45) is 0 Å². The van der Waals surface area contributed by atoms with Crippen molar-refractivity contribution in [3.63, 3.8) is 0 Å². The number of rotatable bonds is 1. The molecule has 0 nitrogen and oxygen atoms in total. The molecule has 2 heteroatoms. The quantitative estimate of drug-likeness (QED) is 0.664. The Kier molecular flexibility index (Phi) is 3.31. The van der Waals surface area contributed by atoms with Gasteiger partial charge in [-0.25, -0.2) is 0 Å². The lowest BCUT2D eigenvalue weighted by Gasteiger charge is -2.11. The summed E-state index contributed by atoms with van der Waals surface area (Å²) in [7, 11) is 0.731. The van der Waals surface area contributed by atoms with Crippen molar-refractivity contribution in [2.45, 2.75) is 27.7 Å². The highest BCUT2D eigenvalue weighted by Gasteiger charge is 2.05. The first-order valence-corrected chi connectivity index (χ1v) is 7.27. The molecule has 0 amide bonds. The van der Waals surface area contributed by atoms with Crippen LogP contribution in [0.25, 0.3) is 0 Å². The summed E-state index contributed by atoms with van der Waals surface area (Å²) in [5.41, 5.74) is 5.72. The highest BCUT2D eigenvalue weighted by atomic mass is 79.9. The predicted molar refractivity (Wildman–Crippen MR) is 62.3 cm³/mol. The van der Waals surface area contributed by atoms with Crippen LogP contribution in [0.3, 0.4) is 0 Å². The van der Waals surface area contributed by atoms with Gasteiger partial charge in [0.1, 0.15) is 0 Å². The minimum atomic E-state index is 0.731. The number of halogens is 1. The lowest BCUT2D eigenvalue weighted by atomic mass is 10.00. The molecule has 0 saturated heterocycles. The monoisotopic (exact) mass is 244 g/mol. The molecule has 66 valence electrons. The SMILES string of the molecule is Cc1cc(PBr)c(C)c(C)c1C. The van der Waals surface area contributed by atoms with Gasteiger partial charge in [0, 0.05) is 0 Å². The number of hydrogen-bond donors (Lipinski definition) is 0. The van der Waals surface area contributed by atoms with Gasteiger partial charge in [-0.05, 0) is 62.5 Å². The van der Waals surface area contributed by atoms with Gasteiger partial charge in [-0.2, -0.15) is 0 Å². The van der Waals surface area contributed by atoms with Crippen molar-refractivity contribution in [3.05, 3.63) is 28.3 Å². The fourth-order valence-electron chi connectivity index (χ4n) is 1.31. The van der Waals surface area contributed by atoms with Gasteiger partial charge in [0.25, 0.3) is 0 Å². The van der Waals surface area contributed by atoms with E-state index in [4.69, 9.17) is 0 Å². The molecule has 1 atom stereocenters.